The molecule has 1 saturated carbocycles. The van der Waals surface area contributed by atoms with Crippen LogP contribution in [-0.2, 0) is 9.53 Å². The van der Waals surface area contributed by atoms with E-state index >= 15 is 0 Å². The molecule has 0 bridgehead atoms. The second-order valence-electron chi connectivity index (χ2n) is 5.80. The van der Waals surface area contributed by atoms with E-state index in [4.69, 9.17) is 10.00 Å². The molecule has 4 nitrogen and oxygen atoms in total. The fourth-order valence-corrected chi connectivity index (χ4v) is 3.04. The normalized spacial score (nSPS) is 32.2. The van der Waals surface area contributed by atoms with Gasteiger partial charge in [-0.3, -0.25) is 0 Å². The van der Waals surface area contributed by atoms with E-state index in [9.17, 15) is 4.79 Å². The van der Waals surface area contributed by atoms with Crippen LogP contribution in [0, 0.1) is 22.3 Å². The van der Waals surface area contributed by atoms with Gasteiger partial charge in [0.25, 0.3) is 6.26 Å². The van der Waals surface area contributed by atoms with Crippen molar-refractivity contribution in [3.63, 3.8) is 0 Å². The zero-order chi connectivity index (χ0) is 12.2. The highest BCUT2D eigenvalue weighted by Gasteiger charge is 2.42. The van der Waals surface area contributed by atoms with Gasteiger partial charge in [0.1, 0.15) is 6.10 Å². The first-order chi connectivity index (χ1) is 7.41. The zero-order valence-electron chi connectivity index (χ0n) is 10.1. The Morgan fingerprint density at radius 1 is 1.44 bits per heavy atom. The molecule has 1 rings (SSSR count). The molecule has 1 aliphatic rings. The Morgan fingerprint density at radius 2 is 2.12 bits per heavy atom. The minimum atomic E-state index is -0.0688. The SMILES string of the molecule is CC1(C)CC(OC#N)CC(C)(CN=C=O)C1. The van der Waals surface area contributed by atoms with Gasteiger partial charge in [-0.15, -0.1) is 0 Å². The van der Waals surface area contributed by atoms with Gasteiger partial charge in [-0.2, -0.15) is 5.26 Å². The van der Waals surface area contributed by atoms with Crippen molar-refractivity contribution in [1.29, 1.82) is 5.26 Å². The van der Waals surface area contributed by atoms with Gasteiger partial charge in [-0.1, -0.05) is 20.8 Å². The second-order valence-corrected chi connectivity index (χ2v) is 5.80. The first-order valence-corrected chi connectivity index (χ1v) is 5.49. The van der Waals surface area contributed by atoms with Gasteiger partial charge in [-0.25, -0.2) is 9.79 Å². The zero-order valence-corrected chi connectivity index (χ0v) is 10.1. The highest BCUT2D eigenvalue weighted by Crippen LogP contribution is 2.47. The van der Waals surface area contributed by atoms with Gasteiger partial charge in [0, 0.05) is 0 Å². The highest BCUT2D eigenvalue weighted by atomic mass is 16.5. The van der Waals surface area contributed by atoms with Crippen molar-refractivity contribution < 1.29 is 9.53 Å². The number of nitriles is 1. The molecule has 0 amide bonds. The quantitative estimate of drug-likeness (QED) is 0.418. The summed E-state index contributed by atoms with van der Waals surface area (Å²) in [5.41, 5.74) is 0.0492. The van der Waals surface area contributed by atoms with Crippen LogP contribution in [0.4, 0.5) is 0 Å². The average molecular weight is 222 g/mol. The summed E-state index contributed by atoms with van der Waals surface area (Å²) in [6.07, 6.45) is 5.92. The summed E-state index contributed by atoms with van der Waals surface area (Å²) in [6.45, 7) is 6.86. The molecule has 0 heterocycles. The molecule has 2 atom stereocenters. The minimum Gasteiger partial charge on any atom is -0.424 e. The third-order valence-corrected chi connectivity index (χ3v) is 3.15. The van der Waals surface area contributed by atoms with Gasteiger partial charge >= 0.3 is 0 Å². The lowest BCUT2D eigenvalue weighted by Gasteiger charge is -2.44. The Hall–Kier alpha value is -1.33. The molecule has 0 radical (unpaired) electrons. The molecular weight excluding hydrogens is 204 g/mol. The highest BCUT2D eigenvalue weighted by molar-refractivity contribution is 5.33. The fourth-order valence-electron chi connectivity index (χ4n) is 3.04. The van der Waals surface area contributed by atoms with E-state index in [-0.39, 0.29) is 16.9 Å². The molecule has 1 aliphatic carbocycles. The molecule has 0 aromatic rings. The maximum atomic E-state index is 10.2. The maximum absolute atomic E-state index is 10.2. The number of nitrogens with zero attached hydrogens (tertiary/aromatic N) is 2. The lowest BCUT2D eigenvalue weighted by molar-refractivity contribution is -0.00681. The Morgan fingerprint density at radius 3 is 2.69 bits per heavy atom. The summed E-state index contributed by atoms with van der Waals surface area (Å²) in [7, 11) is 0. The first-order valence-electron chi connectivity index (χ1n) is 5.49. The first kappa shape index (κ1) is 12.7. The summed E-state index contributed by atoms with van der Waals surface area (Å²) in [6, 6.07) is 0. The fraction of sp³-hybridized carbons (Fsp3) is 0.833. The molecule has 4 heteroatoms. The minimum absolute atomic E-state index is 0.0550. The molecule has 0 N–H and O–H groups in total. The standard InChI is InChI=1S/C12H18N2O2/c1-11(2)4-10(16-8-13)5-12(3,6-11)7-14-9-15/h10H,4-7H2,1-3H3. The molecule has 0 aliphatic heterocycles. The molecule has 0 spiro atoms. The third kappa shape index (κ3) is 3.36. The van der Waals surface area contributed by atoms with Crippen LogP contribution in [-0.4, -0.2) is 18.7 Å². The number of hydrogen-bond acceptors (Lipinski definition) is 4. The van der Waals surface area contributed by atoms with Gasteiger partial charge in [0.2, 0.25) is 6.08 Å². The van der Waals surface area contributed by atoms with Crippen molar-refractivity contribution in [2.24, 2.45) is 15.8 Å². The van der Waals surface area contributed by atoms with E-state index in [1.807, 2.05) is 0 Å². The van der Waals surface area contributed by atoms with Crippen molar-refractivity contribution in [1.82, 2.24) is 0 Å². The van der Waals surface area contributed by atoms with Gasteiger partial charge < -0.3 is 4.74 Å². The van der Waals surface area contributed by atoms with E-state index in [1.54, 1.807) is 12.3 Å². The van der Waals surface area contributed by atoms with Crippen molar-refractivity contribution in [2.45, 2.75) is 46.1 Å². The molecular formula is C12H18N2O2. The van der Waals surface area contributed by atoms with Crippen molar-refractivity contribution >= 4 is 6.08 Å². The van der Waals surface area contributed by atoms with E-state index in [1.165, 1.54) is 0 Å². The van der Waals surface area contributed by atoms with Crippen LogP contribution >= 0.6 is 0 Å². The summed E-state index contributed by atoms with van der Waals surface area (Å²) in [5.74, 6) is 0. The maximum Gasteiger partial charge on any atom is 0.286 e. The molecule has 0 aromatic heterocycles. The smallest absolute Gasteiger partial charge is 0.286 e. The summed E-state index contributed by atoms with van der Waals surface area (Å²) >= 11 is 0. The Balaban J connectivity index is 2.78. The molecule has 16 heavy (non-hydrogen) atoms. The van der Waals surface area contributed by atoms with Crippen LogP contribution in [0.5, 0.6) is 0 Å². The van der Waals surface area contributed by atoms with Gasteiger partial charge in [-0.05, 0) is 30.1 Å². The Bertz CT molecular complexity index is 339. The topological polar surface area (TPSA) is 62.4 Å². The van der Waals surface area contributed by atoms with Crippen LogP contribution in [0.15, 0.2) is 4.99 Å². The number of hydrogen-bond donors (Lipinski definition) is 0. The predicted molar refractivity (Wildman–Crippen MR) is 59.2 cm³/mol. The number of carbonyl (C=O) groups excluding carboxylic acids is 1. The van der Waals surface area contributed by atoms with E-state index < -0.39 is 0 Å². The summed E-state index contributed by atoms with van der Waals surface area (Å²) < 4.78 is 5.06. The number of ether oxygens (including phenoxy) is 1. The van der Waals surface area contributed by atoms with Crippen LogP contribution in [0.3, 0.4) is 0 Å². The Kier molecular flexibility index (Phi) is 3.72. The largest absolute Gasteiger partial charge is 0.424 e. The van der Waals surface area contributed by atoms with Crippen LogP contribution in [0.1, 0.15) is 40.0 Å². The molecule has 0 saturated heterocycles. The number of rotatable bonds is 3. The van der Waals surface area contributed by atoms with Crippen molar-refractivity contribution in [3.05, 3.63) is 0 Å². The summed E-state index contributed by atoms with van der Waals surface area (Å²) in [5, 5.41) is 8.58. The lowest BCUT2D eigenvalue weighted by atomic mass is 9.63. The van der Waals surface area contributed by atoms with Crippen molar-refractivity contribution in [2.75, 3.05) is 6.54 Å². The van der Waals surface area contributed by atoms with E-state index in [0.29, 0.717) is 6.54 Å². The average Bonchev–Trinajstić information content (AvgIpc) is 2.12. The number of aliphatic imine (C=N–C) groups is 1. The summed E-state index contributed by atoms with van der Waals surface area (Å²) in [4.78, 5) is 13.9. The molecule has 2 unspecified atom stereocenters. The monoisotopic (exact) mass is 222 g/mol. The predicted octanol–water partition coefficient (Wildman–Crippen LogP) is 2.40. The van der Waals surface area contributed by atoms with E-state index in [0.717, 1.165) is 19.3 Å². The molecule has 0 aromatic carbocycles. The van der Waals surface area contributed by atoms with Crippen LogP contribution < -0.4 is 0 Å². The lowest BCUT2D eigenvalue weighted by Crippen LogP contribution is -2.40. The van der Waals surface area contributed by atoms with E-state index in [2.05, 4.69) is 25.8 Å². The Labute approximate surface area is 96.3 Å². The molecule has 88 valence electrons. The van der Waals surface area contributed by atoms with Crippen LogP contribution in [0.2, 0.25) is 0 Å². The van der Waals surface area contributed by atoms with Crippen molar-refractivity contribution in [3.8, 4) is 6.26 Å². The third-order valence-electron chi connectivity index (χ3n) is 3.15. The number of isocyanates is 1. The van der Waals surface area contributed by atoms with Gasteiger partial charge in [0.15, 0.2) is 0 Å². The molecule has 1 fully saturated rings. The second kappa shape index (κ2) is 4.67. The van der Waals surface area contributed by atoms with Crippen LogP contribution in [0.25, 0.3) is 0 Å². The van der Waals surface area contributed by atoms with Gasteiger partial charge in [0.05, 0.1) is 6.54 Å².